The van der Waals surface area contributed by atoms with Crippen molar-refractivity contribution in [1.29, 1.82) is 0 Å². The molecule has 0 saturated heterocycles. The van der Waals surface area contributed by atoms with Gasteiger partial charge in [0.2, 0.25) is 36.5 Å². The molecule has 0 aliphatic heterocycles. The molecule has 0 bridgehead atoms. The van der Waals surface area contributed by atoms with Gasteiger partial charge in [-0.25, -0.2) is 48.7 Å². The van der Waals surface area contributed by atoms with Crippen molar-refractivity contribution in [2.75, 3.05) is 26.2 Å². The summed E-state index contributed by atoms with van der Waals surface area (Å²) in [5.41, 5.74) is -1.13. The normalized spacial score (nSPS) is 13.0. The molecule has 0 spiro atoms. The summed E-state index contributed by atoms with van der Waals surface area (Å²) >= 11 is 0. The summed E-state index contributed by atoms with van der Waals surface area (Å²) in [5.74, 6) is -0.340. The van der Waals surface area contributed by atoms with E-state index in [1.165, 1.54) is 24.3 Å². The van der Waals surface area contributed by atoms with Gasteiger partial charge in [-0.15, -0.1) is 0 Å². The van der Waals surface area contributed by atoms with Gasteiger partial charge in [-0.05, 0) is 50.9 Å². The molecule has 194 valence electrons. The molecule has 0 aliphatic rings. The smallest absolute Gasteiger partial charge is 0.211 e. The van der Waals surface area contributed by atoms with Crippen LogP contribution in [0.4, 0.5) is 0 Å². The van der Waals surface area contributed by atoms with Crippen molar-refractivity contribution in [1.82, 2.24) is 0 Å². The summed E-state index contributed by atoms with van der Waals surface area (Å²) in [5, 5.41) is 0. The molecule has 0 saturated carbocycles. The van der Waals surface area contributed by atoms with Gasteiger partial charge in [0.25, 0.3) is 0 Å². The minimum Gasteiger partial charge on any atom is -0.211 e. The van der Waals surface area contributed by atoms with Crippen molar-refractivity contribution in [2.45, 2.75) is 82.2 Å². The van der Waals surface area contributed by atoms with Crippen molar-refractivity contribution in [3.8, 4) is 0 Å². The van der Waals surface area contributed by atoms with E-state index < -0.39 is 11.6 Å². The number of unbranched alkanes of at least 4 members (excludes halogenated alkanes) is 4. The van der Waals surface area contributed by atoms with Crippen LogP contribution in [0.3, 0.4) is 0 Å². The molecule has 36 heavy (non-hydrogen) atoms. The SMILES string of the molecule is O=C=NCCCCCC(N=C=O)C(CCCCCN=C=O)(N=C=O)C(CCCN=C=O)CCN=C=O. The molecule has 12 heteroatoms. The van der Waals surface area contributed by atoms with Crippen LogP contribution in [-0.2, 0) is 28.8 Å². The minimum atomic E-state index is -1.13. The third kappa shape index (κ3) is 13.9. The van der Waals surface area contributed by atoms with Crippen LogP contribution in [0.2, 0.25) is 0 Å². The molecule has 12 nitrogen and oxygen atoms in total. The fourth-order valence-corrected chi connectivity index (χ4v) is 4.38. The highest BCUT2D eigenvalue weighted by molar-refractivity contribution is 5.38. The number of nitrogens with zero attached hydrogens (tertiary/aromatic N) is 6. The van der Waals surface area contributed by atoms with Gasteiger partial charge in [0.1, 0.15) is 0 Å². The van der Waals surface area contributed by atoms with E-state index in [1.807, 2.05) is 0 Å². The summed E-state index contributed by atoms with van der Waals surface area (Å²) in [6, 6.07) is -0.696. The highest BCUT2D eigenvalue weighted by Gasteiger charge is 2.45. The van der Waals surface area contributed by atoms with Gasteiger partial charge in [-0.1, -0.05) is 25.7 Å². The van der Waals surface area contributed by atoms with E-state index in [-0.39, 0.29) is 19.0 Å². The van der Waals surface area contributed by atoms with Crippen molar-refractivity contribution in [3.63, 3.8) is 0 Å². The monoisotopic (exact) mass is 500 g/mol. The molecular formula is C24H32N6O6. The van der Waals surface area contributed by atoms with E-state index in [4.69, 9.17) is 0 Å². The summed E-state index contributed by atoms with van der Waals surface area (Å²) in [6.07, 6.45) is 15.2. The number of isocyanates is 6. The zero-order valence-corrected chi connectivity index (χ0v) is 20.4. The van der Waals surface area contributed by atoms with Crippen molar-refractivity contribution in [3.05, 3.63) is 0 Å². The molecule has 0 amide bonds. The molecule has 0 rings (SSSR count). The second-order valence-corrected chi connectivity index (χ2v) is 8.11. The van der Waals surface area contributed by atoms with Crippen LogP contribution in [-0.4, -0.2) is 74.2 Å². The summed E-state index contributed by atoms with van der Waals surface area (Å²) in [4.78, 5) is 87.3. The molecule has 0 aromatic heterocycles. The third-order valence-electron chi connectivity index (χ3n) is 6.01. The van der Waals surface area contributed by atoms with Crippen LogP contribution in [0.5, 0.6) is 0 Å². The largest absolute Gasteiger partial charge is 0.235 e. The first-order valence-corrected chi connectivity index (χ1v) is 12.0. The maximum atomic E-state index is 11.7. The van der Waals surface area contributed by atoms with Gasteiger partial charge < -0.3 is 0 Å². The van der Waals surface area contributed by atoms with E-state index in [9.17, 15) is 28.8 Å². The standard InChI is InChI=1S/C24H32N6O6/c31-16-25-12-5-1-3-9-23(29-20-35)24(30-21-36,11-4-2-6-13-26-17-32)22(10-15-28-19-34)8-7-14-27-18-33/h22-23H,1-15H2. The predicted octanol–water partition coefficient (Wildman–Crippen LogP) is 3.02. The maximum absolute atomic E-state index is 11.7. The van der Waals surface area contributed by atoms with Crippen molar-refractivity contribution < 1.29 is 28.8 Å². The lowest BCUT2D eigenvalue weighted by Crippen LogP contribution is -2.47. The zero-order chi connectivity index (χ0) is 26.7. The Kier molecular flexibility index (Phi) is 20.7. The van der Waals surface area contributed by atoms with Crippen LogP contribution in [0.1, 0.15) is 70.6 Å². The Morgan fingerprint density at radius 3 is 1.61 bits per heavy atom. The molecule has 0 radical (unpaired) electrons. The Bertz CT molecular complexity index is 919. The lowest BCUT2D eigenvalue weighted by molar-refractivity contribution is 0.175. The second kappa shape index (κ2) is 23.0. The van der Waals surface area contributed by atoms with Gasteiger partial charge in [0.05, 0.1) is 37.8 Å². The van der Waals surface area contributed by atoms with Crippen LogP contribution >= 0.6 is 0 Å². The Hall–Kier alpha value is -3.72. The van der Waals surface area contributed by atoms with E-state index in [0.29, 0.717) is 83.7 Å². The number of aliphatic imine (C=N–C) groups is 6. The minimum absolute atomic E-state index is 0.135. The predicted molar refractivity (Wildman–Crippen MR) is 129 cm³/mol. The lowest BCUT2D eigenvalue weighted by Gasteiger charge is -2.40. The van der Waals surface area contributed by atoms with Gasteiger partial charge >= 0.3 is 0 Å². The highest BCUT2D eigenvalue weighted by Crippen LogP contribution is 2.40. The fraction of sp³-hybridized carbons (Fsp3) is 0.750. The quantitative estimate of drug-likeness (QED) is 0.118. The molecule has 0 heterocycles. The Balaban J connectivity index is 6.08. The molecule has 3 unspecified atom stereocenters. The van der Waals surface area contributed by atoms with Crippen LogP contribution < -0.4 is 0 Å². The summed E-state index contributed by atoms with van der Waals surface area (Å²) in [6.45, 7) is 1.03. The first kappa shape index (κ1) is 32.3. The van der Waals surface area contributed by atoms with E-state index in [1.54, 1.807) is 12.2 Å². The van der Waals surface area contributed by atoms with E-state index in [0.717, 1.165) is 0 Å². The maximum Gasteiger partial charge on any atom is 0.235 e. The molecule has 0 fully saturated rings. The Morgan fingerprint density at radius 2 is 1.06 bits per heavy atom. The van der Waals surface area contributed by atoms with Crippen molar-refractivity contribution in [2.24, 2.45) is 35.9 Å². The third-order valence-corrected chi connectivity index (χ3v) is 6.01. The lowest BCUT2D eigenvalue weighted by atomic mass is 9.70. The first-order chi connectivity index (χ1) is 17.7. The van der Waals surface area contributed by atoms with Gasteiger partial charge in [0.15, 0.2) is 0 Å². The number of hydrogen-bond donors (Lipinski definition) is 0. The first-order valence-electron chi connectivity index (χ1n) is 12.0. The number of hydrogen-bond acceptors (Lipinski definition) is 12. The molecule has 3 atom stereocenters. The topological polar surface area (TPSA) is 177 Å². The summed E-state index contributed by atoms with van der Waals surface area (Å²) in [7, 11) is 0. The molecule has 0 N–H and O–H groups in total. The van der Waals surface area contributed by atoms with Gasteiger partial charge in [-0.3, -0.25) is 0 Å². The van der Waals surface area contributed by atoms with Crippen LogP contribution in [0, 0.1) is 5.92 Å². The summed E-state index contributed by atoms with van der Waals surface area (Å²) < 4.78 is 0. The average molecular weight is 501 g/mol. The molecule has 0 aliphatic carbocycles. The van der Waals surface area contributed by atoms with Gasteiger partial charge in [0, 0.05) is 0 Å². The molecule has 0 aromatic rings. The highest BCUT2D eigenvalue weighted by atomic mass is 16.1. The average Bonchev–Trinajstić information content (AvgIpc) is 2.88. The fourth-order valence-electron chi connectivity index (χ4n) is 4.38. The number of carbonyl (C=O) groups excluding carboxylic acids is 6. The second-order valence-electron chi connectivity index (χ2n) is 8.11. The van der Waals surface area contributed by atoms with Gasteiger partial charge in [-0.2, -0.15) is 9.98 Å². The van der Waals surface area contributed by atoms with Crippen LogP contribution in [0.25, 0.3) is 0 Å². The Morgan fingerprint density at radius 1 is 0.500 bits per heavy atom. The number of rotatable bonds is 23. The molecule has 0 aromatic carbocycles. The Labute approximate surface area is 209 Å². The van der Waals surface area contributed by atoms with E-state index >= 15 is 0 Å². The van der Waals surface area contributed by atoms with E-state index in [2.05, 4.69) is 30.0 Å². The van der Waals surface area contributed by atoms with Crippen LogP contribution in [0.15, 0.2) is 30.0 Å². The zero-order valence-electron chi connectivity index (χ0n) is 20.4. The van der Waals surface area contributed by atoms with Crippen molar-refractivity contribution >= 4 is 36.5 Å². The molecular weight excluding hydrogens is 468 g/mol.